The summed E-state index contributed by atoms with van der Waals surface area (Å²) in [6.45, 7) is 6.44. The molecule has 162 valence electrons. The zero-order valence-corrected chi connectivity index (χ0v) is 18.0. The van der Waals surface area contributed by atoms with E-state index in [1.807, 2.05) is 0 Å². The van der Waals surface area contributed by atoms with Gasteiger partial charge in [0.15, 0.2) is 17.3 Å². The fourth-order valence-electron chi connectivity index (χ4n) is 3.64. The highest BCUT2D eigenvalue weighted by Gasteiger charge is 2.59. The van der Waals surface area contributed by atoms with Crippen LogP contribution in [-0.4, -0.2) is 49.2 Å². The smallest absolute Gasteiger partial charge is 0.351 e. The Balaban J connectivity index is 2.15. The van der Waals surface area contributed by atoms with Gasteiger partial charge in [0, 0.05) is 18.9 Å². The molecule has 0 N–H and O–H groups in total. The molecule has 0 spiro atoms. The molecule has 3 rings (SSSR count). The molecule has 1 aromatic carbocycles. The van der Waals surface area contributed by atoms with Crippen molar-refractivity contribution in [2.75, 3.05) is 14.2 Å². The first kappa shape index (κ1) is 21.8. The van der Waals surface area contributed by atoms with Gasteiger partial charge in [-0.1, -0.05) is 0 Å². The summed E-state index contributed by atoms with van der Waals surface area (Å²) in [4.78, 5) is 37.7. The quantitative estimate of drug-likeness (QED) is 0.409. The zero-order valence-electron chi connectivity index (χ0n) is 18.0. The Morgan fingerprint density at radius 1 is 1.13 bits per heavy atom. The highest BCUT2D eigenvalue weighted by atomic mass is 16.6. The van der Waals surface area contributed by atoms with E-state index in [-0.39, 0.29) is 29.5 Å². The third-order valence-electron chi connectivity index (χ3n) is 4.81. The number of benzene rings is 1. The Hall–Kier alpha value is -2.87. The largest absolute Gasteiger partial charge is 0.493 e. The van der Waals surface area contributed by atoms with Gasteiger partial charge in [-0.15, -0.1) is 0 Å². The Morgan fingerprint density at radius 3 is 2.23 bits per heavy atom. The first-order chi connectivity index (χ1) is 14.0. The van der Waals surface area contributed by atoms with E-state index in [2.05, 4.69) is 0 Å². The van der Waals surface area contributed by atoms with Gasteiger partial charge >= 0.3 is 11.9 Å². The van der Waals surface area contributed by atoms with Crippen molar-refractivity contribution in [3.05, 3.63) is 23.8 Å². The van der Waals surface area contributed by atoms with Crippen molar-refractivity contribution in [2.45, 2.75) is 57.8 Å². The Labute approximate surface area is 175 Å². The molecule has 8 heteroatoms. The molecule has 1 fully saturated rings. The van der Waals surface area contributed by atoms with Gasteiger partial charge in [-0.05, 0) is 51.0 Å². The van der Waals surface area contributed by atoms with Crippen LogP contribution in [0.4, 0.5) is 0 Å². The number of rotatable bonds is 5. The molecule has 2 aliphatic rings. The van der Waals surface area contributed by atoms with Crippen LogP contribution < -0.4 is 14.2 Å². The summed E-state index contributed by atoms with van der Waals surface area (Å²) < 4.78 is 27.5. The lowest BCUT2D eigenvalue weighted by molar-refractivity contribution is -0.184. The topological polar surface area (TPSA) is 97.4 Å². The summed E-state index contributed by atoms with van der Waals surface area (Å²) in [5.41, 5.74) is -1.81. The van der Waals surface area contributed by atoms with Gasteiger partial charge in [0.25, 0.3) is 0 Å². The molecule has 8 nitrogen and oxygen atoms in total. The van der Waals surface area contributed by atoms with Crippen molar-refractivity contribution in [2.24, 2.45) is 0 Å². The van der Waals surface area contributed by atoms with Crippen molar-refractivity contribution in [1.82, 2.24) is 0 Å². The van der Waals surface area contributed by atoms with Crippen molar-refractivity contribution in [3.63, 3.8) is 0 Å². The van der Waals surface area contributed by atoms with Gasteiger partial charge in [-0.25, -0.2) is 4.79 Å². The lowest BCUT2D eigenvalue weighted by Gasteiger charge is -2.35. The van der Waals surface area contributed by atoms with E-state index in [9.17, 15) is 14.4 Å². The minimum Gasteiger partial charge on any atom is -0.493 e. The maximum absolute atomic E-state index is 13.2. The van der Waals surface area contributed by atoms with Crippen LogP contribution in [0, 0.1) is 0 Å². The molecule has 0 saturated carbocycles. The number of hydrogen-bond donors (Lipinski definition) is 0. The third-order valence-corrected chi connectivity index (χ3v) is 4.81. The molecule has 0 radical (unpaired) electrons. The molecule has 0 aliphatic carbocycles. The van der Waals surface area contributed by atoms with Crippen LogP contribution >= 0.6 is 0 Å². The molecule has 2 heterocycles. The van der Waals surface area contributed by atoms with E-state index in [1.165, 1.54) is 21.1 Å². The summed E-state index contributed by atoms with van der Waals surface area (Å²) in [5.74, 6) is -1.12. The number of ketones is 1. The molecule has 1 saturated heterocycles. The van der Waals surface area contributed by atoms with Gasteiger partial charge in [-0.2, -0.15) is 0 Å². The number of methoxy groups -OCH3 is 2. The molecular formula is C22H26O8. The van der Waals surface area contributed by atoms with Crippen molar-refractivity contribution in [3.8, 4) is 17.2 Å². The monoisotopic (exact) mass is 418 g/mol. The van der Waals surface area contributed by atoms with Gasteiger partial charge in [-0.3, -0.25) is 9.59 Å². The molecular weight excluding hydrogens is 392 g/mol. The SMILES string of the molecule is COc1cc(C2=C[C@@H]3CCC(=O)[C@@]2(C(=O)OC(C)(C)C)O3)cc(OC)c1OC(C)=O. The third kappa shape index (κ3) is 3.79. The standard InChI is InChI=1S/C22H26O8/c1-12(23)28-19-16(26-5)9-13(10-17(19)27-6)15-11-14-7-8-18(24)22(15,29-14)20(25)30-21(2,3)4/h9-11,14H,7-8H2,1-6H3/t14-,22-/m0/s1. The van der Waals surface area contributed by atoms with Crippen LogP contribution in [-0.2, 0) is 23.9 Å². The first-order valence-electron chi connectivity index (χ1n) is 9.63. The first-order valence-corrected chi connectivity index (χ1v) is 9.63. The minimum absolute atomic E-state index is 0.108. The Kier molecular flexibility index (Phi) is 5.64. The van der Waals surface area contributed by atoms with Crippen LogP contribution in [0.15, 0.2) is 18.2 Å². The van der Waals surface area contributed by atoms with Gasteiger partial charge in [0.05, 0.1) is 20.3 Å². The summed E-state index contributed by atoms with van der Waals surface area (Å²) >= 11 is 0. The Bertz CT molecular complexity index is 899. The van der Waals surface area contributed by atoms with Gasteiger partial charge in [0.1, 0.15) is 5.60 Å². The van der Waals surface area contributed by atoms with Crippen LogP contribution in [0.2, 0.25) is 0 Å². The summed E-state index contributed by atoms with van der Waals surface area (Å²) in [6.07, 6.45) is 2.04. The highest BCUT2D eigenvalue weighted by molar-refractivity contribution is 6.20. The van der Waals surface area contributed by atoms with E-state index >= 15 is 0 Å². The number of Topliss-reactive ketones (excluding diaryl/α,β-unsaturated/α-hetero) is 1. The molecule has 0 amide bonds. The molecule has 0 aromatic heterocycles. The lowest BCUT2D eigenvalue weighted by Crippen LogP contribution is -2.53. The second kappa shape index (κ2) is 7.75. The van der Waals surface area contributed by atoms with Crippen molar-refractivity contribution in [1.29, 1.82) is 0 Å². The van der Waals surface area contributed by atoms with Crippen LogP contribution in [0.1, 0.15) is 46.1 Å². The van der Waals surface area contributed by atoms with Crippen molar-refractivity contribution >= 4 is 23.3 Å². The van der Waals surface area contributed by atoms with E-state index in [1.54, 1.807) is 39.0 Å². The number of esters is 2. The van der Waals surface area contributed by atoms with E-state index in [4.69, 9.17) is 23.7 Å². The average Bonchev–Trinajstić information content (AvgIpc) is 2.99. The number of hydrogen-bond acceptors (Lipinski definition) is 8. The van der Waals surface area contributed by atoms with Gasteiger partial charge < -0.3 is 23.7 Å². The summed E-state index contributed by atoms with van der Waals surface area (Å²) in [7, 11) is 2.83. The maximum Gasteiger partial charge on any atom is 0.351 e. The van der Waals surface area contributed by atoms with Crippen LogP contribution in [0.3, 0.4) is 0 Å². The minimum atomic E-state index is -1.85. The fourth-order valence-corrected chi connectivity index (χ4v) is 3.64. The van der Waals surface area contributed by atoms with E-state index < -0.39 is 29.2 Å². The predicted molar refractivity (Wildman–Crippen MR) is 107 cm³/mol. The Morgan fingerprint density at radius 2 is 1.73 bits per heavy atom. The zero-order chi connectivity index (χ0) is 22.3. The summed E-state index contributed by atoms with van der Waals surface area (Å²) in [6, 6.07) is 3.16. The molecule has 2 atom stereocenters. The molecule has 2 bridgehead atoms. The molecule has 1 aromatic rings. The molecule has 2 aliphatic heterocycles. The van der Waals surface area contributed by atoms with E-state index in [0.29, 0.717) is 17.6 Å². The van der Waals surface area contributed by atoms with Gasteiger partial charge in [0.2, 0.25) is 11.4 Å². The normalized spacial score (nSPS) is 22.9. The number of fused-ring (bicyclic) bond motifs is 2. The van der Waals surface area contributed by atoms with E-state index in [0.717, 1.165) is 0 Å². The predicted octanol–water partition coefficient (Wildman–Crippen LogP) is 2.85. The second-order valence-corrected chi connectivity index (χ2v) is 8.19. The van der Waals surface area contributed by atoms with Crippen molar-refractivity contribution < 1.29 is 38.1 Å². The molecule has 0 unspecified atom stereocenters. The summed E-state index contributed by atoms with van der Waals surface area (Å²) in [5, 5.41) is 0. The number of ether oxygens (including phenoxy) is 5. The second-order valence-electron chi connectivity index (χ2n) is 8.19. The maximum atomic E-state index is 13.2. The van der Waals surface area contributed by atoms with Crippen LogP contribution in [0.5, 0.6) is 17.2 Å². The fraction of sp³-hybridized carbons (Fsp3) is 0.500. The number of carbonyl (C=O) groups excluding carboxylic acids is 3. The average molecular weight is 418 g/mol. The lowest BCUT2D eigenvalue weighted by atomic mass is 9.84. The van der Waals surface area contributed by atoms with Crippen LogP contribution in [0.25, 0.3) is 5.57 Å². The number of carbonyl (C=O) groups is 3. The highest BCUT2D eigenvalue weighted by Crippen LogP contribution is 2.49. The molecule has 30 heavy (non-hydrogen) atoms.